The number of nitrogens with one attached hydrogen (secondary N) is 1. The van der Waals surface area contributed by atoms with Crippen LogP contribution in [0.25, 0.3) is 0 Å². The van der Waals surface area contributed by atoms with Crippen molar-refractivity contribution in [1.82, 2.24) is 0 Å². The third kappa shape index (κ3) is 3.52. The van der Waals surface area contributed by atoms with Crippen molar-refractivity contribution >= 4 is 49.1 Å². The Hall–Kier alpha value is -1.53. The van der Waals surface area contributed by atoms with Gasteiger partial charge in [0.15, 0.2) is 0 Å². The Morgan fingerprint density at radius 1 is 1.20 bits per heavy atom. The van der Waals surface area contributed by atoms with Crippen LogP contribution in [0.5, 0.6) is 5.75 Å². The van der Waals surface area contributed by atoms with Gasteiger partial charge in [-0.25, -0.2) is 0 Å². The van der Waals surface area contributed by atoms with E-state index in [1.807, 2.05) is 18.2 Å². The van der Waals surface area contributed by atoms with Crippen molar-refractivity contribution in [3.8, 4) is 5.75 Å². The van der Waals surface area contributed by atoms with E-state index in [-0.39, 0.29) is 5.91 Å². The van der Waals surface area contributed by atoms with Gasteiger partial charge in [-0.1, -0.05) is 15.9 Å². The van der Waals surface area contributed by atoms with Crippen molar-refractivity contribution in [1.29, 1.82) is 0 Å². The number of anilines is 2. The largest absolute Gasteiger partial charge is 0.497 e. The molecule has 0 aliphatic heterocycles. The van der Waals surface area contributed by atoms with Gasteiger partial charge in [0, 0.05) is 26.3 Å². The molecule has 0 unspecified atom stereocenters. The summed E-state index contributed by atoms with van der Waals surface area (Å²) in [6, 6.07) is 10.4. The third-order valence-electron chi connectivity index (χ3n) is 2.60. The Morgan fingerprint density at radius 3 is 2.65 bits per heavy atom. The fourth-order valence-corrected chi connectivity index (χ4v) is 2.37. The molecule has 2 rings (SSSR count). The second-order valence-electron chi connectivity index (χ2n) is 4.07. The van der Waals surface area contributed by atoms with E-state index >= 15 is 0 Å². The molecular weight excluding hydrogens is 388 g/mol. The van der Waals surface area contributed by atoms with Crippen LogP contribution in [0.15, 0.2) is 45.3 Å². The SMILES string of the molecule is COc1cc(N)cc(C(=O)Nc2cc(Br)ccc2Br)c1. The minimum Gasteiger partial charge on any atom is -0.497 e. The lowest BCUT2D eigenvalue weighted by atomic mass is 10.1. The first-order valence-corrected chi connectivity index (χ1v) is 7.29. The van der Waals surface area contributed by atoms with Gasteiger partial charge in [-0.2, -0.15) is 0 Å². The average Bonchev–Trinajstić information content (AvgIpc) is 2.42. The number of halogens is 2. The van der Waals surface area contributed by atoms with Crippen LogP contribution in [0.4, 0.5) is 11.4 Å². The summed E-state index contributed by atoms with van der Waals surface area (Å²) in [5.41, 5.74) is 7.33. The molecule has 6 heteroatoms. The first kappa shape index (κ1) is 14.9. The number of rotatable bonds is 3. The molecule has 2 aromatic carbocycles. The van der Waals surface area contributed by atoms with E-state index in [1.165, 1.54) is 7.11 Å². The first-order chi connectivity index (χ1) is 9.49. The van der Waals surface area contributed by atoms with Crippen LogP contribution >= 0.6 is 31.9 Å². The molecule has 0 saturated carbocycles. The maximum absolute atomic E-state index is 12.2. The summed E-state index contributed by atoms with van der Waals surface area (Å²) in [4.78, 5) is 12.2. The Labute approximate surface area is 133 Å². The van der Waals surface area contributed by atoms with E-state index in [0.717, 1.165) is 8.95 Å². The summed E-state index contributed by atoms with van der Waals surface area (Å²) < 4.78 is 6.77. The lowest BCUT2D eigenvalue weighted by molar-refractivity contribution is 0.102. The van der Waals surface area contributed by atoms with E-state index in [9.17, 15) is 4.79 Å². The summed E-state index contributed by atoms with van der Waals surface area (Å²) in [7, 11) is 1.53. The number of carbonyl (C=O) groups is 1. The highest BCUT2D eigenvalue weighted by Gasteiger charge is 2.11. The third-order valence-corrected chi connectivity index (χ3v) is 3.79. The highest BCUT2D eigenvalue weighted by molar-refractivity contribution is 9.11. The number of amides is 1. The number of benzene rings is 2. The molecule has 0 saturated heterocycles. The van der Waals surface area contributed by atoms with Crippen molar-refractivity contribution in [3.63, 3.8) is 0 Å². The molecule has 0 atom stereocenters. The summed E-state index contributed by atoms with van der Waals surface area (Å²) in [5.74, 6) is 0.290. The predicted molar refractivity (Wildman–Crippen MR) is 87.2 cm³/mol. The lowest BCUT2D eigenvalue weighted by Gasteiger charge is -2.10. The lowest BCUT2D eigenvalue weighted by Crippen LogP contribution is -2.12. The van der Waals surface area contributed by atoms with E-state index in [2.05, 4.69) is 37.2 Å². The van der Waals surface area contributed by atoms with Crippen LogP contribution in [0.3, 0.4) is 0 Å². The van der Waals surface area contributed by atoms with Gasteiger partial charge in [-0.15, -0.1) is 0 Å². The predicted octanol–water partition coefficient (Wildman–Crippen LogP) is 4.05. The Morgan fingerprint density at radius 2 is 1.95 bits per heavy atom. The molecule has 0 bridgehead atoms. The number of methoxy groups -OCH3 is 1. The Bertz CT molecular complexity index is 660. The number of hydrogen-bond acceptors (Lipinski definition) is 3. The number of nitrogen functional groups attached to an aromatic ring is 1. The number of carbonyl (C=O) groups excluding carboxylic acids is 1. The van der Waals surface area contributed by atoms with Crippen molar-refractivity contribution in [2.75, 3.05) is 18.2 Å². The zero-order valence-corrected chi connectivity index (χ0v) is 13.8. The van der Waals surface area contributed by atoms with Gasteiger partial charge in [-0.3, -0.25) is 4.79 Å². The molecule has 0 aliphatic carbocycles. The summed E-state index contributed by atoms with van der Waals surface area (Å²) in [6.45, 7) is 0. The van der Waals surface area contributed by atoms with Gasteiger partial charge in [0.2, 0.25) is 0 Å². The Kier molecular flexibility index (Phi) is 4.67. The zero-order chi connectivity index (χ0) is 14.7. The summed E-state index contributed by atoms with van der Waals surface area (Å²) in [5, 5.41) is 2.82. The molecule has 104 valence electrons. The van der Waals surface area contributed by atoms with Gasteiger partial charge in [0.05, 0.1) is 12.8 Å². The quantitative estimate of drug-likeness (QED) is 0.765. The minimum atomic E-state index is -0.255. The summed E-state index contributed by atoms with van der Waals surface area (Å²) in [6.07, 6.45) is 0. The van der Waals surface area contributed by atoms with Gasteiger partial charge in [0.1, 0.15) is 5.75 Å². The van der Waals surface area contributed by atoms with Crippen molar-refractivity contribution < 1.29 is 9.53 Å². The maximum Gasteiger partial charge on any atom is 0.255 e. The van der Waals surface area contributed by atoms with Gasteiger partial charge in [0.25, 0.3) is 5.91 Å². The molecule has 0 aromatic heterocycles. The smallest absolute Gasteiger partial charge is 0.255 e. The second-order valence-corrected chi connectivity index (χ2v) is 5.84. The molecular formula is C14H12Br2N2O2. The molecule has 0 spiro atoms. The number of hydrogen-bond donors (Lipinski definition) is 2. The van der Waals surface area contributed by atoms with Crippen LogP contribution in [-0.4, -0.2) is 13.0 Å². The van der Waals surface area contributed by atoms with E-state index in [4.69, 9.17) is 10.5 Å². The van der Waals surface area contributed by atoms with Crippen LogP contribution in [0, 0.1) is 0 Å². The molecule has 0 radical (unpaired) electrons. The number of ether oxygens (including phenoxy) is 1. The van der Waals surface area contributed by atoms with E-state index in [1.54, 1.807) is 18.2 Å². The van der Waals surface area contributed by atoms with Gasteiger partial charge >= 0.3 is 0 Å². The van der Waals surface area contributed by atoms with Crippen molar-refractivity contribution in [3.05, 3.63) is 50.9 Å². The summed E-state index contributed by atoms with van der Waals surface area (Å²) >= 11 is 6.75. The molecule has 0 heterocycles. The van der Waals surface area contributed by atoms with E-state index in [0.29, 0.717) is 22.7 Å². The first-order valence-electron chi connectivity index (χ1n) is 5.70. The molecule has 2 aromatic rings. The molecule has 0 fully saturated rings. The highest BCUT2D eigenvalue weighted by Crippen LogP contribution is 2.27. The fraction of sp³-hybridized carbons (Fsp3) is 0.0714. The average molecular weight is 400 g/mol. The molecule has 1 amide bonds. The minimum absolute atomic E-state index is 0.255. The molecule has 3 N–H and O–H groups in total. The van der Waals surface area contributed by atoms with Gasteiger partial charge in [-0.05, 0) is 46.3 Å². The van der Waals surface area contributed by atoms with Crippen LogP contribution in [0.1, 0.15) is 10.4 Å². The van der Waals surface area contributed by atoms with Crippen LogP contribution in [0.2, 0.25) is 0 Å². The van der Waals surface area contributed by atoms with E-state index < -0.39 is 0 Å². The van der Waals surface area contributed by atoms with Crippen LogP contribution in [-0.2, 0) is 0 Å². The standard InChI is InChI=1S/C14H12Br2N2O2/c1-20-11-5-8(4-10(17)7-11)14(19)18-13-6-9(15)2-3-12(13)16/h2-7H,17H2,1H3,(H,18,19). The zero-order valence-electron chi connectivity index (χ0n) is 10.6. The van der Waals surface area contributed by atoms with Crippen LogP contribution < -0.4 is 15.8 Å². The topological polar surface area (TPSA) is 64.3 Å². The monoisotopic (exact) mass is 398 g/mol. The maximum atomic E-state index is 12.2. The number of nitrogens with two attached hydrogens (primary N) is 1. The van der Waals surface area contributed by atoms with Crippen molar-refractivity contribution in [2.24, 2.45) is 0 Å². The molecule has 0 aliphatic rings. The normalized spacial score (nSPS) is 10.2. The molecule has 4 nitrogen and oxygen atoms in total. The highest BCUT2D eigenvalue weighted by atomic mass is 79.9. The fourth-order valence-electron chi connectivity index (χ4n) is 1.66. The Balaban J connectivity index is 2.28. The molecule has 20 heavy (non-hydrogen) atoms. The van der Waals surface area contributed by atoms with Gasteiger partial charge < -0.3 is 15.8 Å². The van der Waals surface area contributed by atoms with Crippen molar-refractivity contribution in [2.45, 2.75) is 0 Å². The second kappa shape index (κ2) is 6.28.